The monoisotopic (exact) mass is 228 g/mol. The number of oxime groups is 1. The molecule has 1 N–H and O–H groups in total. The van der Waals surface area contributed by atoms with E-state index in [2.05, 4.69) is 16.4 Å². The molecular formula is C13H12N2O2. The molecule has 1 aliphatic heterocycles. The summed E-state index contributed by atoms with van der Waals surface area (Å²) in [5.41, 5.74) is 1.39. The molecule has 17 heavy (non-hydrogen) atoms. The molecule has 1 aliphatic rings. The Balaban J connectivity index is 1.95. The van der Waals surface area contributed by atoms with Crippen LogP contribution in [0.15, 0.2) is 35.5 Å². The minimum absolute atomic E-state index is 0.178. The summed E-state index contributed by atoms with van der Waals surface area (Å²) in [6.07, 6.45) is 5.35. The second kappa shape index (κ2) is 5.17. The lowest BCUT2D eigenvalue weighted by atomic mass is 10.0. The summed E-state index contributed by atoms with van der Waals surface area (Å²) in [4.78, 5) is 16.8. The Bertz CT molecular complexity index is 474. The van der Waals surface area contributed by atoms with E-state index in [-0.39, 0.29) is 18.6 Å². The average molecular weight is 228 g/mol. The average Bonchev–Trinajstić information content (AvgIpc) is 2.86. The van der Waals surface area contributed by atoms with Crippen LogP contribution in [0.25, 0.3) is 0 Å². The molecule has 0 saturated heterocycles. The lowest BCUT2D eigenvalue weighted by Crippen LogP contribution is -2.30. The van der Waals surface area contributed by atoms with Crippen molar-refractivity contribution in [2.75, 3.05) is 6.54 Å². The molecule has 0 fully saturated rings. The second-order valence-electron chi connectivity index (χ2n) is 3.63. The minimum atomic E-state index is -0.263. The van der Waals surface area contributed by atoms with Crippen molar-refractivity contribution in [3.05, 3.63) is 35.9 Å². The standard InChI is InChI=1S/C13H12N2O2/c1-2-8-14-13(16)11-9-12(17-15-11)10-6-4-3-5-7-10/h1,3-7,12H,8-9H2,(H,14,16). The maximum Gasteiger partial charge on any atom is 0.269 e. The van der Waals surface area contributed by atoms with Crippen molar-refractivity contribution in [3.8, 4) is 12.3 Å². The summed E-state index contributed by atoms with van der Waals surface area (Å²) < 4.78 is 0. The van der Waals surface area contributed by atoms with E-state index in [1.165, 1.54) is 0 Å². The normalized spacial score (nSPS) is 17.8. The van der Waals surface area contributed by atoms with E-state index in [0.717, 1.165) is 5.56 Å². The van der Waals surface area contributed by atoms with Crippen molar-refractivity contribution in [1.29, 1.82) is 0 Å². The molecule has 1 aromatic rings. The van der Waals surface area contributed by atoms with Gasteiger partial charge in [-0.05, 0) is 5.56 Å². The molecule has 0 bridgehead atoms. The number of benzene rings is 1. The van der Waals surface area contributed by atoms with E-state index in [1.54, 1.807) is 0 Å². The first-order valence-corrected chi connectivity index (χ1v) is 5.30. The zero-order chi connectivity index (χ0) is 12.1. The first-order valence-electron chi connectivity index (χ1n) is 5.30. The number of terminal acetylenes is 1. The Hall–Kier alpha value is -2.28. The number of carbonyl (C=O) groups is 1. The van der Waals surface area contributed by atoms with Crippen LogP contribution in [0.2, 0.25) is 0 Å². The molecule has 0 spiro atoms. The number of rotatable bonds is 3. The van der Waals surface area contributed by atoms with Gasteiger partial charge in [0.2, 0.25) is 0 Å². The lowest BCUT2D eigenvalue weighted by Gasteiger charge is -2.07. The molecule has 1 aromatic carbocycles. The number of carbonyl (C=O) groups excluding carboxylic acids is 1. The molecule has 2 rings (SSSR count). The second-order valence-corrected chi connectivity index (χ2v) is 3.63. The molecule has 0 aromatic heterocycles. The van der Waals surface area contributed by atoms with E-state index in [9.17, 15) is 4.79 Å². The molecule has 0 saturated carbocycles. The highest BCUT2D eigenvalue weighted by Gasteiger charge is 2.26. The van der Waals surface area contributed by atoms with Crippen LogP contribution in [0, 0.1) is 12.3 Å². The van der Waals surface area contributed by atoms with Crippen molar-refractivity contribution < 1.29 is 9.63 Å². The van der Waals surface area contributed by atoms with E-state index in [4.69, 9.17) is 11.3 Å². The maximum absolute atomic E-state index is 11.6. The Kier molecular flexibility index (Phi) is 3.41. The van der Waals surface area contributed by atoms with E-state index in [0.29, 0.717) is 12.1 Å². The van der Waals surface area contributed by atoms with Crippen molar-refractivity contribution in [2.45, 2.75) is 12.5 Å². The molecular weight excluding hydrogens is 216 g/mol. The molecule has 1 unspecified atom stereocenters. The lowest BCUT2D eigenvalue weighted by molar-refractivity contribution is -0.114. The SMILES string of the molecule is C#CCNC(=O)C1=NOC(c2ccccc2)C1. The molecule has 1 heterocycles. The quantitative estimate of drug-likeness (QED) is 0.792. The van der Waals surface area contributed by atoms with Crippen LogP contribution >= 0.6 is 0 Å². The Labute approximate surface area is 99.7 Å². The van der Waals surface area contributed by atoms with Gasteiger partial charge in [0.1, 0.15) is 5.71 Å². The highest BCUT2D eigenvalue weighted by Crippen LogP contribution is 2.26. The van der Waals surface area contributed by atoms with Crippen LogP contribution in [-0.4, -0.2) is 18.2 Å². The van der Waals surface area contributed by atoms with Crippen LogP contribution < -0.4 is 5.32 Å². The van der Waals surface area contributed by atoms with Gasteiger partial charge in [-0.15, -0.1) is 6.42 Å². The van der Waals surface area contributed by atoms with Crippen LogP contribution in [0.4, 0.5) is 0 Å². The van der Waals surface area contributed by atoms with E-state index >= 15 is 0 Å². The number of nitrogens with one attached hydrogen (secondary N) is 1. The largest absolute Gasteiger partial charge is 0.387 e. The van der Waals surface area contributed by atoms with Crippen molar-refractivity contribution in [1.82, 2.24) is 5.32 Å². The summed E-state index contributed by atoms with van der Waals surface area (Å²) in [6.45, 7) is 0.202. The third-order valence-electron chi connectivity index (χ3n) is 2.45. The summed E-state index contributed by atoms with van der Waals surface area (Å²) >= 11 is 0. The zero-order valence-electron chi connectivity index (χ0n) is 9.22. The van der Waals surface area contributed by atoms with Gasteiger partial charge in [0.25, 0.3) is 5.91 Å². The van der Waals surface area contributed by atoms with Crippen LogP contribution in [-0.2, 0) is 9.63 Å². The van der Waals surface area contributed by atoms with Gasteiger partial charge in [0.15, 0.2) is 6.10 Å². The van der Waals surface area contributed by atoms with E-state index in [1.807, 2.05) is 30.3 Å². The summed E-state index contributed by atoms with van der Waals surface area (Å²) in [6, 6.07) is 9.68. The molecule has 0 radical (unpaired) electrons. The molecule has 4 heteroatoms. The van der Waals surface area contributed by atoms with Gasteiger partial charge in [-0.2, -0.15) is 0 Å². The highest BCUT2D eigenvalue weighted by molar-refractivity contribution is 6.39. The Morgan fingerprint density at radius 3 is 3.00 bits per heavy atom. The molecule has 1 amide bonds. The predicted molar refractivity (Wildman–Crippen MR) is 64.2 cm³/mol. The number of amides is 1. The van der Waals surface area contributed by atoms with Gasteiger partial charge >= 0.3 is 0 Å². The first kappa shape index (κ1) is 11.2. The third kappa shape index (κ3) is 2.64. The Morgan fingerprint density at radius 2 is 2.29 bits per heavy atom. The van der Waals surface area contributed by atoms with Crippen LogP contribution in [0.3, 0.4) is 0 Å². The van der Waals surface area contributed by atoms with Gasteiger partial charge in [0.05, 0.1) is 6.54 Å². The fraction of sp³-hybridized carbons (Fsp3) is 0.231. The number of nitrogens with zero attached hydrogens (tertiary/aromatic N) is 1. The fourth-order valence-electron chi connectivity index (χ4n) is 1.59. The summed E-state index contributed by atoms with van der Waals surface area (Å²) in [5, 5.41) is 6.34. The zero-order valence-corrected chi connectivity index (χ0v) is 9.22. The van der Waals surface area contributed by atoms with Gasteiger partial charge < -0.3 is 10.2 Å². The predicted octanol–water partition coefficient (Wildman–Crippen LogP) is 1.25. The minimum Gasteiger partial charge on any atom is -0.387 e. The van der Waals surface area contributed by atoms with Gasteiger partial charge in [-0.1, -0.05) is 41.4 Å². The maximum atomic E-state index is 11.6. The number of hydrogen-bond acceptors (Lipinski definition) is 3. The van der Waals surface area contributed by atoms with Gasteiger partial charge in [-0.3, -0.25) is 4.79 Å². The first-order chi connectivity index (χ1) is 8.31. The molecule has 0 aliphatic carbocycles. The molecule has 1 atom stereocenters. The molecule has 4 nitrogen and oxygen atoms in total. The summed E-state index contributed by atoms with van der Waals surface area (Å²) in [5.74, 6) is 2.07. The van der Waals surface area contributed by atoms with Crippen molar-refractivity contribution in [2.24, 2.45) is 5.16 Å². The fourth-order valence-corrected chi connectivity index (χ4v) is 1.59. The molecule has 86 valence electrons. The van der Waals surface area contributed by atoms with Crippen LogP contribution in [0.5, 0.6) is 0 Å². The van der Waals surface area contributed by atoms with Gasteiger partial charge in [0, 0.05) is 6.42 Å². The highest BCUT2D eigenvalue weighted by atomic mass is 16.6. The van der Waals surface area contributed by atoms with Gasteiger partial charge in [-0.25, -0.2) is 0 Å². The van der Waals surface area contributed by atoms with Crippen LogP contribution in [0.1, 0.15) is 18.1 Å². The smallest absolute Gasteiger partial charge is 0.269 e. The van der Waals surface area contributed by atoms with Crippen molar-refractivity contribution in [3.63, 3.8) is 0 Å². The van der Waals surface area contributed by atoms with E-state index < -0.39 is 0 Å². The summed E-state index contributed by atoms with van der Waals surface area (Å²) in [7, 11) is 0. The topological polar surface area (TPSA) is 50.7 Å². The van der Waals surface area contributed by atoms with Crippen molar-refractivity contribution >= 4 is 11.6 Å². The number of hydrogen-bond donors (Lipinski definition) is 1. The Morgan fingerprint density at radius 1 is 1.53 bits per heavy atom. The third-order valence-corrected chi connectivity index (χ3v) is 2.45.